The molecule has 0 N–H and O–H groups in total. The Balaban J connectivity index is 1.27. The molecular formula is C21H19N3O2S2. The number of hydrogen-bond acceptors (Lipinski definition) is 6. The van der Waals surface area contributed by atoms with Crippen LogP contribution in [0.4, 0.5) is 0 Å². The van der Waals surface area contributed by atoms with E-state index in [0.717, 1.165) is 46.5 Å². The van der Waals surface area contributed by atoms with Crippen LogP contribution < -0.4 is 0 Å². The molecule has 4 aromatic rings. The summed E-state index contributed by atoms with van der Waals surface area (Å²) in [6, 6.07) is 12.1. The highest BCUT2D eigenvalue weighted by atomic mass is 32.1. The van der Waals surface area contributed by atoms with E-state index in [9.17, 15) is 4.79 Å². The minimum atomic E-state index is 0.135. The predicted molar refractivity (Wildman–Crippen MR) is 112 cm³/mol. The van der Waals surface area contributed by atoms with Gasteiger partial charge in [0.2, 0.25) is 11.7 Å². The minimum Gasteiger partial charge on any atom is -0.339 e. The number of aromatic nitrogens is 2. The van der Waals surface area contributed by atoms with Gasteiger partial charge in [0.05, 0.1) is 4.88 Å². The third kappa shape index (κ3) is 3.47. The van der Waals surface area contributed by atoms with Crippen molar-refractivity contribution >= 4 is 38.7 Å². The molecule has 3 aromatic heterocycles. The molecule has 1 aliphatic heterocycles. The van der Waals surface area contributed by atoms with Gasteiger partial charge < -0.3 is 9.42 Å². The van der Waals surface area contributed by atoms with Crippen LogP contribution in [0.25, 0.3) is 21.5 Å². The monoisotopic (exact) mass is 409 g/mol. The molecule has 1 fully saturated rings. The maximum atomic E-state index is 13.0. The van der Waals surface area contributed by atoms with Crippen molar-refractivity contribution in [2.24, 2.45) is 5.92 Å². The van der Waals surface area contributed by atoms with Crippen LogP contribution in [-0.4, -0.2) is 34.0 Å². The number of nitrogens with zero attached hydrogens (tertiary/aromatic N) is 3. The lowest BCUT2D eigenvalue weighted by Crippen LogP contribution is -2.40. The number of piperidine rings is 1. The first kappa shape index (κ1) is 17.6. The Morgan fingerprint density at radius 3 is 3.07 bits per heavy atom. The highest BCUT2D eigenvalue weighted by Crippen LogP contribution is 2.29. The molecule has 1 amide bonds. The van der Waals surface area contributed by atoms with Crippen LogP contribution in [-0.2, 0) is 6.42 Å². The molecule has 28 heavy (non-hydrogen) atoms. The van der Waals surface area contributed by atoms with Crippen LogP contribution in [0, 0.1) is 5.92 Å². The smallest absolute Gasteiger partial charge is 0.263 e. The van der Waals surface area contributed by atoms with Crippen LogP contribution >= 0.6 is 22.7 Å². The first-order chi connectivity index (χ1) is 13.8. The Labute approximate surface area is 170 Å². The van der Waals surface area contributed by atoms with Gasteiger partial charge in [-0.1, -0.05) is 23.4 Å². The van der Waals surface area contributed by atoms with Gasteiger partial charge in [0, 0.05) is 35.2 Å². The summed E-state index contributed by atoms with van der Waals surface area (Å²) in [5.74, 6) is 1.78. The van der Waals surface area contributed by atoms with Gasteiger partial charge in [-0.2, -0.15) is 16.3 Å². The Bertz CT molecular complexity index is 1070. The molecule has 142 valence electrons. The Kier molecular flexibility index (Phi) is 4.70. The van der Waals surface area contributed by atoms with Crippen molar-refractivity contribution in [1.29, 1.82) is 0 Å². The van der Waals surface area contributed by atoms with Gasteiger partial charge in [0.25, 0.3) is 5.91 Å². The highest BCUT2D eigenvalue weighted by molar-refractivity contribution is 7.20. The molecule has 5 rings (SSSR count). The van der Waals surface area contributed by atoms with Crippen LogP contribution in [0.1, 0.15) is 28.4 Å². The largest absolute Gasteiger partial charge is 0.339 e. The molecule has 1 unspecified atom stereocenters. The lowest BCUT2D eigenvalue weighted by Gasteiger charge is -2.31. The lowest BCUT2D eigenvalue weighted by atomic mass is 9.94. The van der Waals surface area contributed by atoms with Crippen LogP contribution in [0.2, 0.25) is 0 Å². The molecule has 1 aliphatic rings. The molecule has 0 aliphatic carbocycles. The van der Waals surface area contributed by atoms with Gasteiger partial charge in [0.15, 0.2) is 0 Å². The molecule has 5 nitrogen and oxygen atoms in total. The van der Waals surface area contributed by atoms with Gasteiger partial charge >= 0.3 is 0 Å². The van der Waals surface area contributed by atoms with Crippen LogP contribution in [0.5, 0.6) is 0 Å². The molecular weight excluding hydrogens is 390 g/mol. The van der Waals surface area contributed by atoms with E-state index in [1.165, 1.54) is 0 Å². The number of hydrogen-bond donors (Lipinski definition) is 0. The van der Waals surface area contributed by atoms with E-state index in [1.54, 1.807) is 22.7 Å². The molecule has 1 atom stereocenters. The number of carbonyl (C=O) groups is 1. The highest BCUT2D eigenvalue weighted by Gasteiger charge is 2.27. The lowest BCUT2D eigenvalue weighted by molar-refractivity contribution is 0.0673. The zero-order valence-corrected chi connectivity index (χ0v) is 16.8. The second-order valence-electron chi connectivity index (χ2n) is 7.14. The Hall–Kier alpha value is -2.51. The quantitative estimate of drug-likeness (QED) is 0.470. The van der Waals surface area contributed by atoms with E-state index in [1.807, 2.05) is 39.9 Å². The predicted octanol–water partition coefficient (Wildman–Crippen LogP) is 5.11. The van der Waals surface area contributed by atoms with E-state index >= 15 is 0 Å². The molecule has 1 aromatic carbocycles. The third-order valence-corrected chi connectivity index (χ3v) is 6.94. The van der Waals surface area contributed by atoms with Crippen molar-refractivity contribution < 1.29 is 9.32 Å². The van der Waals surface area contributed by atoms with Gasteiger partial charge in [-0.3, -0.25) is 4.79 Å². The average Bonchev–Trinajstić information content (AvgIpc) is 3.47. The van der Waals surface area contributed by atoms with Gasteiger partial charge in [-0.25, -0.2) is 0 Å². The standard InChI is InChI=1S/C21H19N3O2S2/c25-21(18-11-15-5-1-2-6-17(15)28-18)24-8-3-4-14(12-24)10-19-22-20(23-26-19)16-7-9-27-13-16/h1-2,5-7,9,11,13-14H,3-4,8,10,12H2. The molecule has 0 radical (unpaired) electrons. The van der Waals surface area contributed by atoms with Gasteiger partial charge in [-0.05, 0) is 47.7 Å². The number of carbonyl (C=O) groups excluding carboxylic acids is 1. The molecule has 0 saturated carbocycles. The summed E-state index contributed by atoms with van der Waals surface area (Å²) in [6.45, 7) is 1.55. The summed E-state index contributed by atoms with van der Waals surface area (Å²) in [7, 11) is 0. The fourth-order valence-electron chi connectivity index (χ4n) is 3.75. The van der Waals surface area contributed by atoms with Crippen molar-refractivity contribution in [2.45, 2.75) is 19.3 Å². The first-order valence-corrected chi connectivity index (χ1v) is 11.2. The van der Waals surface area contributed by atoms with Crippen molar-refractivity contribution in [3.05, 3.63) is 57.9 Å². The van der Waals surface area contributed by atoms with E-state index in [-0.39, 0.29) is 5.91 Å². The summed E-state index contributed by atoms with van der Waals surface area (Å²) in [4.78, 5) is 20.3. The number of amides is 1. The van der Waals surface area contributed by atoms with E-state index in [2.05, 4.69) is 22.3 Å². The second-order valence-corrected chi connectivity index (χ2v) is 9.00. The normalized spacial score (nSPS) is 17.3. The van der Waals surface area contributed by atoms with Crippen molar-refractivity contribution in [1.82, 2.24) is 15.0 Å². The third-order valence-electron chi connectivity index (χ3n) is 5.15. The zero-order chi connectivity index (χ0) is 18.9. The number of benzene rings is 1. The maximum Gasteiger partial charge on any atom is 0.263 e. The molecule has 4 heterocycles. The SMILES string of the molecule is O=C(c1cc2ccccc2s1)N1CCCC(Cc2nc(-c3ccsc3)no2)C1. The summed E-state index contributed by atoms with van der Waals surface area (Å²) >= 11 is 3.19. The summed E-state index contributed by atoms with van der Waals surface area (Å²) in [6.07, 6.45) is 2.80. The number of fused-ring (bicyclic) bond motifs is 1. The fraction of sp³-hybridized carbons (Fsp3) is 0.286. The minimum absolute atomic E-state index is 0.135. The van der Waals surface area contributed by atoms with E-state index in [4.69, 9.17) is 4.52 Å². The van der Waals surface area contributed by atoms with Crippen molar-refractivity contribution in [2.75, 3.05) is 13.1 Å². The summed E-state index contributed by atoms with van der Waals surface area (Å²) < 4.78 is 6.61. The van der Waals surface area contributed by atoms with Crippen molar-refractivity contribution in [3.8, 4) is 11.4 Å². The summed E-state index contributed by atoms with van der Waals surface area (Å²) in [5, 5.41) is 9.25. The second kappa shape index (κ2) is 7.48. The molecule has 0 spiro atoms. The van der Waals surface area contributed by atoms with Crippen LogP contribution in [0.3, 0.4) is 0 Å². The van der Waals surface area contributed by atoms with E-state index < -0.39 is 0 Å². The molecule has 0 bridgehead atoms. The Morgan fingerprint density at radius 1 is 1.29 bits per heavy atom. The number of rotatable bonds is 4. The number of likely N-dealkylation sites (tertiary alicyclic amines) is 1. The summed E-state index contributed by atoms with van der Waals surface area (Å²) in [5.41, 5.74) is 0.991. The number of thiophene rings is 2. The maximum absolute atomic E-state index is 13.0. The molecule has 1 saturated heterocycles. The van der Waals surface area contributed by atoms with Crippen LogP contribution in [0.15, 0.2) is 51.7 Å². The van der Waals surface area contributed by atoms with Crippen molar-refractivity contribution in [3.63, 3.8) is 0 Å². The van der Waals surface area contributed by atoms with Gasteiger partial charge in [0.1, 0.15) is 0 Å². The topological polar surface area (TPSA) is 59.2 Å². The van der Waals surface area contributed by atoms with Gasteiger partial charge in [-0.15, -0.1) is 11.3 Å². The fourth-order valence-corrected chi connectivity index (χ4v) is 5.42. The van der Waals surface area contributed by atoms with E-state index in [0.29, 0.717) is 24.1 Å². The zero-order valence-electron chi connectivity index (χ0n) is 15.2. The molecule has 7 heteroatoms. The Morgan fingerprint density at radius 2 is 2.21 bits per heavy atom. The first-order valence-electron chi connectivity index (χ1n) is 9.39. The average molecular weight is 410 g/mol.